The Morgan fingerprint density at radius 1 is 1.12 bits per heavy atom. The van der Waals surface area contributed by atoms with Crippen molar-refractivity contribution in [2.24, 2.45) is 23.7 Å². The molecule has 0 N–H and O–H groups in total. The Morgan fingerprint density at radius 3 is 2.56 bits per heavy atom. The predicted molar refractivity (Wildman–Crippen MR) is 49.5 cm³/mol. The number of carbonyl (C=O) groups excluding carboxylic acids is 3. The van der Waals surface area contributed by atoms with E-state index in [0.717, 1.165) is 0 Å². The second-order valence-corrected chi connectivity index (χ2v) is 4.50. The number of allylic oxidation sites excluding steroid dienone is 2. The molecule has 0 saturated carbocycles. The fourth-order valence-corrected chi connectivity index (χ4v) is 2.84. The molecule has 3 rings (SSSR count). The van der Waals surface area contributed by atoms with Crippen molar-refractivity contribution in [1.82, 2.24) is 0 Å². The molecule has 0 aromatic heterocycles. The van der Waals surface area contributed by atoms with Gasteiger partial charge in [0.25, 0.3) is 0 Å². The highest BCUT2D eigenvalue weighted by Gasteiger charge is 2.56. The highest BCUT2D eigenvalue weighted by atomic mass is 16.6. The van der Waals surface area contributed by atoms with E-state index >= 15 is 0 Å². The summed E-state index contributed by atoms with van der Waals surface area (Å²) in [5, 5.41) is 0. The number of rotatable bonds is 0. The van der Waals surface area contributed by atoms with Crippen molar-refractivity contribution in [2.45, 2.75) is 13.3 Å². The average molecular weight is 222 g/mol. The molecule has 0 bridgehead atoms. The summed E-state index contributed by atoms with van der Waals surface area (Å²) in [5.74, 6) is -2.20. The summed E-state index contributed by atoms with van der Waals surface area (Å²) >= 11 is 0. The van der Waals surface area contributed by atoms with E-state index in [4.69, 9.17) is 4.74 Å². The molecule has 0 aromatic rings. The van der Waals surface area contributed by atoms with Crippen LogP contribution in [-0.4, -0.2) is 17.9 Å². The fraction of sp³-hybridized carbons (Fsp3) is 0.545. The Balaban J connectivity index is 2.05. The summed E-state index contributed by atoms with van der Waals surface area (Å²) in [7, 11) is 0. The van der Waals surface area contributed by atoms with Gasteiger partial charge in [0.05, 0.1) is 18.3 Å². The van der Waals surface area contributed by atoms with E-state index in [2.05, 4.69) is 4.74 Å². The number of carbonyl (C=O) groups is 3. The lowest BCUT2D eigenvalue weighted by Crippen LogP contribution is -2.33. The Morgan fingerprint density at radius 2 is 1.81 bits per heavy atom. The molecule has 1 aliphatic carbocycles. The minimum absolute atomic E-state index is 0.124. The molecule has 2 aliphatic heterocycles. The molecule has 0 amide bonds. The molecule has 2 saturated heterocycles. The number of cyclic esters (lactones) is 2. The molecule has 0 unspecified atom stereocenters. The van der Waals surface area contributed by atoms with Crippen molar-refractivity contribution in [3.05, 3.63) is 11.8 Å². The lowest BCUT2D eigenvalue weighted by Gasteiger charge is -2.27. The molecule has 16 heavy (non-hydrogen) atoms. The molecule has 4 atom stereocenters. The topological polar surface area (TPSA) is 69.7 Å². The van der Waals surface area contributed by atoms with Crippen molar-refractivity contribution < 1.29 is 23.9 Å². The van der Waals surface area contributed by atoms with Crippen LogP contribution in [0.3, 0.4) is 0 Å². The van der Waals surface area contributed by atoms with Crippen LogP contribution < -0.4 is 0 Å². The van der Waals surface area contributed by atoms with Gasteiger partial charge in [-0.25, -0.2) is 0 Å². The fourth-order valence-electron chi connectivity index (χ4n) is 2.84. The Kier molecular flexibility index (Phi) is 1.75. The summed E-state index contributed by atoms with van der Waals surface area (Å²) in [6.45, 7) is 1.83. The smallest absolute Gasteiger partial charge is 0.318 e. The number of fused-ring (bicyclic) bond motifs is 3. The third-order valence-electron chi connectivity index (χ3n) is 3.54. The van der Waals surface area contributed by atoms with Crippen molar-refractivity contribution in [3.63, 3.8) is 0 Å². The quantitative estimate of drug-likeness (QED) is 0.438. The first-order valence-electron chi connectivity index (χ1n) is 5.26. The van der Waals surface area contributed by atoms with Gasteiger partial charge in [-0.2, -0.15) is 0 Å². The van der Waals surface area contributed by atoms with Gasteiger partial charge < -0.3 is 9.47 Å². The van der Waals surface area contributed by atoms with Crippen LogP contribution >= 0.6 is 0 Å². The summed E-state index contributed by atoms with van der Waals surface area (Å²) in [6.07, 6.45) is 1.93. The molecule has 0 radical (unpaired) electrons. The van der Waals surface area contributed by atoms with Crippen molar-refractivity contribution in [2.75, 3.05) is 0 Å². The van der Waals surface area contributed by atoms with Crippen molar-refractivity contribution in [3.8, 4) is 0 Å². The average Bonchev–Trinajstić information content (AvgIpc) is 2.67. The van der Waals surface area contributed by atoms with Crippen LogP contribution in [0.4, 0.5) is 0 Å². The SMILES string of the molecule is C[C@@H]1C=C2OC(=O)C[C@@H]2[C@@H]2C(=O)OC(=O)[C@@H]21. The van der Waals surface area contributed by atoms with Gasteiger partial charge in [0.2, 0.25) is 0 Å². The van der Waals surface area contributed by atoms with Crippen LogP contribution in [0.25, 0.3) is 0 Å². The molecule has 2 heterocycles. The molecule has 84 valence electrons. The number of hydrogen-bond acceptors (Lipinski definition) is 5. The maximum Gasteiger partial charge on any atom is 0.318 e. The van der Waals surface area contributed by atoms with Gasteiger partial charge in [0, 0.05) is 5.92 Å². The molecule has 5 nitrogen and oxygen atoms in total. The third-order valence-corrected chi connectivity index (χ3v) is 3.54. The molecule has 2 fully saturated rings. The normalized spacial score (nSPS) is 41.1. The zero-order valence-corrected chi connectivity index (χ0v) is 8.64. The summed E-state index contributed by atoms with van der Waals surface area (Å²) in [6, 6.07) is 0. The van der Waals surface area contributed by atoms with E-state index in [1.807, 2.05) is 6.92 Å². The lowest BCUT2D eigenvalue weighted by atomic mass is 9.71. The molecule has 0 spiro atoms. The third kappa shape index (κ3) is 1.08. The number of esters is 3. The van der Waals surface area contributed by atoms with Gasteiger partial charge in [0.1, 0.15) is 5.76 Å². The minimum Gasteiger partial charge on any atom is -0.431 e. The van der Waals surface area contributed by atoms with Gasteiger partial charge in [-0.1, -0.05) is 6.92 Å². The van der Waals surface area contributed by atoms with Gasteiger partial charge in [-0.15, -0.1) is 0 Å². The Bertz CT molecular complexity index is 436. The summed E-state index contributed by atoms with van der Waals surface area (Å²) in [4.78, 5) is 34.3. The standard InChI is InChI=1S/C11H10O5/c1-4-2-6-5(3-7(12)15-6)9-8(4)10(13)16-11(9)14/h2,4-5,8-9H,3H2,1H3/t4-,5+,8-,9+/m1/s1. The van der Waals surface area contributed by atoms with Gasteiger partial charge in [0.15, 0.2) is 0 Å². The molecular formula is C11H10O5. The first kappa shape index (κ1) is 9.57. The first-order chi connectivity index (χ1) is 7.58. The van der Waals surface area contributed by atoms with Crippen LogP contribution in [0.2, 0.25) is 0 Å². The van der Waals surface area contributed by atoms with E-state index in [0.29, 0.717) is 5.76 Å². The summed E-state index contributed by atoms with van der Waals surface area (Å²) < 4.78 is 9.67. The zero-order valence-electron chi connectivity index (χ0n) is 8.64. The van der Waals surface area contributed by atoms with E-state index < -0.39 is 23.8 Å². The monoisotopic (exact) mass is 222 g/mol. The van der Waals surface area contributed by atoms with Crippen LogP contribution in [0.15, 0.2) is 11.8 Å². The van der Waals surface area contributed by atoms with Crippen LogP contribution in [0, 0.1) is 23.7 Å². The van der Waals surface area contributed by atoms with E-state index in [9.17, 15) is 14.4 Å². The highest BCUT2D eigenvalue weighted by molar-refractivity contribution is 5.98. The maximum atomic E-state index is 11.6. The van der Waals surface area contributed by atoms with Gasteiger partial charge >= 0.3 is 17.9 Å². The van der Waals surface area contributed by atoms with Gasteiger partial charge in [-0.05, 0) is 12.0 Å². The second-order valence-electron chi connectivity index (χ2n) is 4.50. The van der Waals surface area contributed by atoms with E-state index in [-0.39, 0.29) is 24.2 Å². The number of ether oxygens (including phenoxy) is 2. The van der Waals surface area contributed by atoms with Crippen LogP contribution in [0.1, 0.15) is 13.3 Å². The molecule has 0 aromatic carbocycles. The maximum absolute atomic E-state index is 11.6. The largest absolute Gasteiger partial charge is 0.431 e. The van der Waals surface area contributed by atoms with Crippen LogP contribution in [-0.2, 0) is 23.9 Å². The Labute approximate surface area is 91.4 Å². The summed E-state index contributed by atoms with van der Waals surface area (Å²) in [5.41, 5.74) is 0. The van der Waals surface area contributed by atoms with E-state index in [1.165, 1.54) is 0 Å². The number of hydrogen-bond donors (Lipinski definition) is 0. The molecule has 3 aliphatic rings. The zero-order chi connectivity index (χ0) is 11.4. The van der Waals surface area contributed by atoms with E-state index in [1.54, 1.807) is 6.08 Å². The molecular weight excluding hydrogens is 212 g/mol. The van der Waals surface area contributed by atoms with Crippen molar-refractivity contribution >= 4 is 17.9 Å². The predicted octanol–water partition coefficient (Wildman–Crippen LogP) is 0.399. The highest BCUT2D eigenvalue weighted by Crippen LogP contribution is 2.47. The molecule has 5 heteroatoms. The minimum atomic E-state index is -0.533. The lowest BCUT2D eigenvalue weighted by molar-refractivity contribution is -0.154. The van der Waals surface area contributed by atoms with Gasteiger partial charge in [-0.3, -0.25) is 14.4 Å². The second kappa shape index (κ2) is 2.93. The van der Waals surface area contributed by atoms with Crippen LogP contribution in [0.5, 0.6) is 0 Å². The Hall–Kier alpha value is -1.65. The first-order valence-corrected chi connectivity index (χ1v) is 5.26. The van der Waals surface area contributed by atoms with Crippen molar-refractivity contribution in [1.29, 1.82) is 0 Å².